The third-order valence-corrected chi connectivity index (χ3v) is 4.71. The molecular formula is C16H23N3O2. The fourth-order valence-corrected chi connectivity index (χ4v) is 3.53. The number of nitrogen functional groups attached to an aromatic ring is 1. The van der Waals surface area contributed by atoms with Crippen LogP contribution in [0.15, 0.2) is 18.2 Å². The van der Waals surface area contributed by atoms with E-state index in [1.165, 1.54) is 19.4 Å². The first-order chi connectivity index (χ1) is 10.1. The van der Waals surface area contributed by atoms with Crippen molar-refractivity contribution in [1.29, 1.82) is 0 Å². The maximum atomic E-state index is 12.9. The third-order valence-electron chi connectivity index (χ3n) is 4.71. The van der Waals surface area contributed by atoms with E-state index in [9.17, 15) is 4.79 Å². The number of anilines is 1. The number of ether oxygens (including phenoxy) is 1. The van der Waals surface area contributed by atoms with Gasteiger partial charge in [-0.25, -0.2) is 0 Å². The van der Waals surface area contributed by atoms with Gasteiger partial charge < -0.3 is 15.4 Å². The molecule has 0 aromatic heterocycles. The van der Waals surface area contributed by atoms with E-state index in [4.69, 9.17) is 10.5 Å². The van der Waals surface area contributed by atoms with Gasteiger partial charge in [0.15, 0.2) is 0 Å². The Hall–Kier alpha value is -1.75. The van der Waals surface area contributed by atoms with Crippen LogP contribution in [0.4, 0.5) is 5.69 Å². The summed E-state index contributed by atoms with van der Waals surface area (Å²) in [5.74, 6) is 0.582. The number of piperazine rings is 1. The number of fused-ring (bicyclic) bond motifs is 1. The van der Waals surface area contributed by atoms with Crippen LogP contribution in [0, 0.1) is 0 Å². The van der Waals surface area contributed by atoms with Crippen LogP contribution in [-0.2, 0) is 0 Å². The molecule has 1 amide bonds. The Balaban J connectivity index is 1.84. The molecular weight excluding hydrogens is 266 g/mol. The van der Waals surface area contributed by atoms with Crippen LogP contribution < -0.4 is 10.5 Å². The molecule has 0 aliphatic carbocycles. The van der Waals surface area contributed by atoms with Gasteiger partial charge in [0, 0.05) is 25.2 Å². The molecule has 1 aromatic rings. The highest BCUT2D eigenvalue weighted by Gasteiger charge is 2.37. The Kier molecular flexibility index (Phi) is 3.76. The first-order valence-corrected chi connectivity index (χ1v) is 7.59. The summed E-state index contributed by atoms with van der Waals surface area (Å²) in [4.78, 5) is 17.3. The Morgan fingerprint density at radius 1 is 1.38 bits per heavy atom. The summed E-state index contributed by atoms with van der Waals surface area (Å²) in [7, 11) is 1.57. The summed E-state index contributed by atoms with van der Waals surface area (Å²) >= 11 is 0. The SMILES string of the molecule is COc1cccc(C(=O)N2CC3CCCN3CC2C)c1N. The molecule has 2 saturated heterocycles. The number of nitrogens with zero attached hydrogens (tertiary/aromatic N) is 2. The molecule has 0 bridgehead atoms. The van der Waals surface area contributed by atoms with Crippen molar-refractivity contribution < 1.29 is 9.53 Å². The Bertz CT molecular complexity index is 546. The number of carbonyl (C=O) groups is 1. The number of para-hydroxylation sites is 1. The number of carbonyl (C=O) groups excluding carboxylic acids is 1. The Morgan fingerprint density at radius 2 is 2.19 bits per heavy atom. The average Bonchev–Trinajstić information content (AvgIpc) is 2.93. The van der Waals surface area contributed by atoms with Crippen molar-refractivity contribution in [3.8, 4) is 5.75 Å². The molecule has 0 spiro atoms. The minimum Gasteiger partial charge on any atom is -0.495 e. The molecule has 2 heterocycles. The predicted octanol–water partition coefficient (Wildman–Crippen LogP) is 1.59. The molecule has 2 aliphatic rings. The van der Waals surface area contributed by atoms with Crippen molar-refractivity contribution in [3.63, 3.8) is 0 Å². The summed E-state index contributed by atoms with van der Waals surface area (Å²) in [5.41, 5.74) is 7.06. The molecule has 114 valence electrons. The van der Waals surface area contributed by atoms with Gasteiger partial charge in [-0.3, -0.25) is 9.69 Å². The average molecular weight is 289 g/mol. The quantitative estimate of drug-likeness (QED) is 0.840. The monoisotopic (exact) mass is 289 g/mol. The minimum absolute atomic E-state index is 0.0189. The molecule has 2 aliphatic heterocycles. The van der Waals surface area contributed by atoms with Crippen molar-refractivity contribution in [3.05, 3.63) is 23.8 Å². The number of hydrogen-bond donors (Lipinski definition) is 1. The van der Waals surface area contributed by atoms with E-state index in [0.717, 1.165) is 13.1 Å². The maximum absolute atomic E-state index is 12.9. The van der Waals surface area contributed by atoms with Crippen LogP contribution in [0.2, 0.25) is 0 Å². The van der Waals surface area contributed by atoms with Gasteiger partial charge in [0.2, 0.25) is 0 Å². The molecule has 21 heavy (non-hydrogen) atoms. The normalized spacial score (nSPS) is 25.7. The molecule has 3 rings (SSSR count). The van der Waals surface area contributed by atoms with E-state index in [0.29, 0.717) is 23.0 Å². The molecule has 5 heteroatoms. The lowest BCUT2D eigenvalue weighted by Gasteiger charge is -2.42. The molecule has 2 fully saturated rings. The Labute approximate surface area is 125 Å². The third kappa shape index (κ3) is 2.46. The molecule has 2 N–H and O–H groups in total. The summed E-state index contributed by atoms with van der Waals surface area (Å²) in [6, 6.07) is 6.12. The van der Waals surface area contributed by atoms with Gasteiger partial charge in [0.25, 0.3) is 5.91 Å². The summed E-state index contributed by atoms with van der Waals surface area (Å²) in [6.07, 6.45) is 2.42. The van der Waals surface area contributed by atoms with Crippen LogP contribution in [0.5, 0.6) is 5.75 Å². The second kappa shape index (κ2) is 5.56. The van der Waals surface area contributed by atoms with Crippen LogP contribution >= 0.6 is 0 Å². The molecule has 1 aromatic carbocycles. The number of benzene rings is 1. The van der Waals surface area contributed by atoms with Crippen molar-refractivity contribution >= 4 is 11.6 Å². The van der Waals surface area contributed by atoms with Crippen LogP contribution in [0.3, 0.4) is 0 Å². The number of hydrogen-bond acceptors (Lipinski definition) is 4. The second-order valence-corrected chi connectivity index (χ2v) is 6.02. The molecule has 0 radical (unpaired) electrons. The summed E-state index contributed by atoms with van der Waals surface area (Å²) < 4.78 is 5.22. The highest BCUT2D eigenvalue weighted by Crippen LogP contribution is 2.29. The predicted molar refractivity (Wildman–Crippen MR) is 82.5 cm³/mol. The minimum atomic E-state index is 0.0189. The molecule has 0 saturated carbocycles. The van der Waals surface area contributed by atoms with E-state index in [1.54, 1.807) is 19.2 Å². The first-order valence-electron chi connectivity index (χ1n) is 7.59. The van der Waals surface area contributed by atoms with E-state index < -0.39 is 0 Å². The highest BCUT2D eigenvalue weighted by atomic mass is 16.5. The van der Waals surface area contributed by atoms with Gasteiger partial charge in [-0.05, 0) is 38.4 Å². The lowest BCUT2D eigenvalue weighted by Crippen LogP contribution is -2.56. The summed E-state index contributed by atoms with van der Waals surface area (Å²) in [6.45, 7) is 5.04. The molecule has 2 unspecified atom stereocenters. The van der Waals surface area contributed by atoms with E-state index in [2.05, 4.69) is 11.8 Å². The van der Waals surface area contributed by atoms with Crippen molar-refractivity contribution in [2.45, 2.75) is 31.8 Å². The van der Waals surface area contributed by atoms with Crippen LogP contribution in [-0.4, -0.2) is 54.5 Å². The lowest BCUT2D eigenvalue weighted by atomic mass is 10.0. The van der Waals surface area contributed by atoms with Crippen molar-refractivity contribution in [1.82, 2.24) is 9.80 Å². The number of methoxy groups -OCH3 is 1. The summed E-state index contributed by atoms with van der Waals surface area (Å²) in [5, 5.41) is 0. The van der Waals surface area contributed by atoms with Gasteiger partial charge >= 0.3 is 0 Å². The van der Waals surface area contributed by atoms with Crippen LogP contribution in [0.1, 0.15) is 30.1 Å². The maximum Gasteiger partial charge on any atom is 0.256 e. The highest BCUT2D eigenvalue weighted by molar-refractivity contribution is 6.00. The standard InChI is InChI=1S/C16H23N3O2/c1-11-9-18-8-4-5-12(18)10-19(11)16(20)13-6-3-7-14(21-2)15(13)17/h3,6-7,11-12H,4-5,8-10,17H2,1-2H3. The van der Waals surface area contributed by atoms with Crippen LogP contribution in [0.25, 0.3) is 0 Å². The van der Waals surface area contributed by atoms with Crippen molar-refractivity contribution in [2.24, 2.45) is 0 Å². The van der Waals surface area contributed by atoms with E-state index in [1.807, 2.05) is 11.0 Å². The zero-order chi connectivity index (χ0) is 15.0. The van der Waals surface area contributed by atoms with E-state index in [-0.39, 0.29) is 11.9 Å². The molecule has 5 nitrogen and oxygen atoms in total. The largest absolute Gasteiger partial charge is 0.495 e. The van der Waals surface area contributed by atoms with Gasteiger partial charge in [-0.1, -0.05) is 6.07 Å². The van der Waals surface area contributed by atoms with Gasteiger partial charge in [0.1, 0.15) is 5.75 Å². The number of nitrogens with two attached hydrogens (primary N) is 1. The smallest absolute Gasteiger partial charge is 0.256 e. The zero-order valence-corrected chi connectivity index (χ0v) is 12.7. The lowest BCUT2D eigenvalue weighted by molar-refractivity contribution is 0.0396. The number of amides is 1. The van der Waals surface area contributed by atoms with Gasteiger partial charge in [-0.15, -0.1) is 0 Å². The fraction of sp³-hybridized carbons (Fsp3) is 0.562. The zero-order valence-electron chi connectivity index (χ0n) is 12.7. The Morgan fingerprint density at radius 3 is 2.95 bits per heavy atom. The van der Waals surface area contributed by atoms with Gasteiger partial charge in [-0.2, -0.15) is 0 Å². The first kappa shape index (κ1) is 14.2. The molecule has 2 atom stereocenters. The fourth-order valence-electron chi connectivity index (χ4n) is 3.53. The van der Waals surface area contributed by atoms with Crippen molar-refractivity contribution in [2.75, 3.05) is 32.5 Å². The second-order valence-electron chi connectivity index (χ2n) is 6.02. The van der Waals surface area contributed by atoms with E-state index >= 15 is 0 Å². The van der Waals surface area contributed by atoms with Gasteiger partial charge in [0.05, 0.1) is 18.4 Å². The number of rotatable bonds is 2. The topological polar surface area (TPSA) is 58.8 Å².